The van der Waals surface area contributed by atoms with Crippen LogP contribution in [0.2, 0.25) is 0 Å². The van der Waals surface area contributed by atoms with Crippen molar-refractivity contribution in [2.75, 3.05) is 17.1 Å². The number of rotatable bonds is 12. The Morgan fingerprint density at radius 3 is 2.22 bits per heavy atom. The maximum absolute atomic E-state index is 13.7. The fourth-order valence-electron chi connectivity index (χ4n) is 3.83. The minimum absolute atomic E-state index is 0.0659. The van der Waals surface area contributed by atoms with Crippen molar-refractivity contribution >= 4 is 33.3 Å². The predicted molar refractivity (Wildman–Crippen MR) is 142 cm³/mol. The van der Waals surface area contributed by atoms with Gasteiger partial charge < -0.3 is 10.2 Å². The van der Waals surface area contributed by atoms with E-state index >= 15 is 0 Å². The van der Waals surface area contributed by atoms with Crippen LogP contribution in [0.1, 0.15) is 62.0 Å². The fraction of sp³-hybridized carbons (Fsp3) is 0.444. The van der Waals surface area contributed by atoms with Gasteiger partial charge in [-0.15, -0.1) is 0 Å². The number of benzene rings is 2. The summed E-state index contributed by atoms with van der Waals surface area (Å²) < 4.78 is 26.4. The minimum Gasteiger partial charge on any atom is -0.352 e. The molecule has 0 heterocycles. The second-order valence-electron chi connectivity index (χ2n) is 9.07. The van der Waals surface area contributed by atoms with Crippen LogP contribution in [-0.4, -0.2) is 55.8 Å². The molecule has 9 heteroatoms. The molecule has 0 aliphatic heterocycles. The Kier molecular flexibility index (Phi) is 10.2. The molecule has 1 N–H and O–H groups in total. The van der Waals surface area contributed by atoms with Gasteiger partial charge in [-0.3, -0.25) is 18.7 Å². The lowest BCUT2D eigenvalue weighted by atomic mass is 10.1. The monoisotopic (exact) mass is 515 g/mol. The van der Waals surface area contributed by atoms with Gasteiger partial charge >= 0.3 is 0 Å². The van der Waals surface area contributed by atoms with Crippen LogP contribution in [0.4, 0.5) is 5.69 Å². The van der Waals surface area contributed by atoms with E-state index in [2.05, 4.69) is 5.32 Å². The molecule has 36 heavy (non-hydrogen) atoms. The maximum Gasteiger partial charge on any atom is 0.244 e. The number of hydrogen-bond donors (Lipinski definition) is 1. The van der Waals surface area contributed by atoms with E-state index in [0.717, 1.165) is 28.1 Å². The number of carbonyl (C=O) groups excluding carboxylic acids is 3. The van der Waals surface area contributed by atoms with Crippen molar-refractivity contribution in [2.45, 2.75) is 66.1 Å². The molecular weight excluding hydrogens is 478 g/mol. The summed E-state index contributed by atoms with van der Waals surface area (Å²) in [7, 11) is -3.87. The van der Waals surface area contributed by atoms with Crippen LogP contribution in [0.15, 0.2) is 48.5 Å². The van der Waals surface area contributed by atoms with E-state index in [-0.39, 0.29) is 30.0 Å². The van der Waals surface area contributed by atoms with Gasteiger partial charge in [0.2, 0.25) is 21.8 Å². The van der Waals surface area contributed by atoms with E-state index in [1.54, 1.807) is 18.2 Å². The molecule has 0 radical (unpaired) electrons. The molecule has 2 rings (SSSR count). The average molecular weight is 516 g/mol. The summed E-state index contributed by atoms with van der Waals surface area (Å²) in [5.74, 6) is -1.01. The quantitative estimate of drug-likeness (QED) is 0.434. The van der Waals surface area contributed by atoms with Crippen LogP contribution < -0.4 is 9.62 Å². The van der Waals surface area contributed by atoms with Crippen LogP contribution in [0.25, 0.3) is 0 Å². The molecule has 0 aliphatic carbocycles. The molecule has 0 unspecified atom stereocenters. The lowest BCUT2D eigenvalue weighted by Gasteiger charge is -2.33. The largest absolute Gasteiger partial charge is 0.352 e. The third-order valence-corrected chi connectivity index (χ3v) is 7.35. The van der Waals surface area contributed by atoms with Crippen molar-refractivity contribution in [3.05, 3.63) is 65.2 Å². The lowest BCUT2D eigenvalue weighted by Crippen LogP contribution is -2.53. The average Bonchev–Trinajstić information content (AvgIpc) is 2.82. The Balaban J connectivity index is 2.49. The fourth-order valence-corrected chi connectivity index (χ4v) is 4.67. The highest BCUT2D eigenvalue weighted by molar-refractivity contribution is 7.92. The van der Waals surface area contributed by atoms with Crippen molar-refractivity contribution in [2.24, 2.45) is 0 Å². The van der Waals surface area contributed by atoms with Crippen molar-refractivity contribution in [1.29, 1.82) is 0 Å². The molecule has 196 valence electrons. The summed E-state index contributed by atoms with van der Waals surface area (Å²) in [6.45, 7) is 8.65. The number of amides is 2. The van der Waals surface area contributed by atoms with E-state index in [1.165, 1.54) is 17.9 Å². The minimum atomic E-state index is -3.87. The van der Waals surface area contributed by atoms with Gasteiger partial charge in [0.05, 0.1) is 11.9 Å². The van der Waals surface area contributed by atoms with Crippen LogP contribution in [-0.2, 0) is 26.2 Å². The van der Waals surface area contributed by atoms with Crippen LogP contribution >= 0.6 is 0 Å². The van der Waals surface area contributed by atoms with E-state index in [4.69, 9.17) is 0 Å². The number of hydrogen-bond acceptors (Lipinski definition) is 5. The number of sulfonamides is 1. The first-order chi connectivity index (χ1) is 16.9. The zero-order chi connectivity index (χ0) is 27.0. The van der Waals surface area contributed by atoms with Crippen LogP contribution in [0.3, 0.4) is 0 Å². The Morgan fingerprint density at radius 1 is 1.00 bits per heavy atom. The van der Waals surface area contributed by atoms with Crippen molar-refractivity contribution < 1.29 is 22.8 Å². The molecule has 2 aromatic carbocycles. The molecule has 8 nitrogen and oxygen atoms in total. The third-order valence-electron chi connectivity index (χ3n) is 6.21. The SMILES string of the molecule is CC[C@@H](C)NC(=O)[C@H](CC)N(Cc1ccccc1C)C(=O)CN(c1cccc(C(C)=O)c1)S(C)(=O)=O. The highest BCUT2D eigenvalue weighted by Crippen LogP contribution is 2.22. The summed E-state index contributed by atoms with van der Waals surface area (Å²) in [4.78, 5) is 40.2. The van der Waals surface area contributed by atoms with Gasteiger partial charge in [0.25, 0.3) is 0 Å². The highest BCUT2D eigenvalue weighted by Gasteiger charge is 2.32. The van der Waals surface area contributed by atoms with Gasteiger partial charge in [-0.25, -0.2) is 8.42 Å². The molecule has 0 aliphatic rings. The topological polar surface area (TPSA) is 104 Å². The molecule has 0 aromatic heterocycles. The first-order valence-electron chi connectivity index (χ1n) is 12.1. The standard InChI is InChI=1S/C27H37N3O5S/c1-7-20(4)28-27(33)25(8-2)29(17-23-13-10-9-12-19(23)3)26(32)18-30(36(6,34)35)24-15-11-14-22(16-24)21(5)31/h9-16,20,25H,7-8,17-18H2,1-6H3,(H,28,33)/t20-,25+/m1/s1. The van der Waals surface area contributed by atoms with Gasteiger partial charge in [0.15, 0.2) is 5.78 Å². The van der Waals surface area contributed by atoms with E-state index in [0.29, 0.717) is 12.0 Å². The summed E-state index contributed by atoms with van der Waals surface area (Å²) in [5, 5.41) is 2.95. The molecular formula is C27H37N3O5S. The highest BCUT2D eigenvalue weighted by atomic mass is 32.2. The number of Topliss-reactive ketones (excluding diaryl/α,β-unsaturated/α-hetero) is 1. The summed E-state index contributed by atoms with van der Waals surface area (Å²) >= 11 is 0. The van der Waals surface area contributed by atoms with E-state index in [9.17, 15) is 22.8 Å². The number of nitrogens with zero attached hydrogens (tertiary/aromatic N) is 2. The number of aryl methyl sites for hydroxylation is 1. The zero-order valence-corrected chi connectivity index (χ0v) is 22.8. The Bertz CT molecular complexity index is 1200. The molecule has 0 saturated heterocycles. The summed E-state index contributed by atoms with van der Waals surface area (Å²) in [6, 6.07) is 12.9. The maximum atomic E-state index is 13.7. The number of anilines is 1. The lowest BCUT2D eigenvalue weighted by molar-refractivity contribution is -0.140. The zero-order valence-electron chi connectivity index (χ0n) is 21.9. The van der Waals surface area contributed by atoms with Crippen molar-refractivity contribution in [3.63, 3.8) is 0 Å². The Hall–Kier alpha value is -3.20. The predicted octanol–water partition coefficient (Wildman–Crippen LogP) is 3.69. The van der Waals surface area contributed by atoms with Gasteiger partial charge in [0, 0.05) is 18.2 Å². The second kappa shape index (κ2) is 12.7. The van der Waals surface area contributed by atoms with Crippen LogP contribution in [0, 0.1) is 6.92 Å². The Morgan fingerprint density at radius 2 is 1.67 bits per heavy atom. The first-order valence-corrected chi connectivity index (χ1v) is 14.0. The van der Waals surface area contributed by atoms with Crippen molar-refractivity contribution in [1.82, 2.24) is 10.2 Å². The van der Waals surface area contributed by atoms with Gasteiger partial charge in [0.1, 0.15) is 12.6 Å². The molecule has 0 spiro atoms. The number of ketones is 1. The Labute approximate surface area is 214 Å². The molecule has 2 aromatic rings. The van der Waals surface area contributed by atoms with Crippen molar-refractivity contribution in [3.8, 4) is 0 Å². The van der Waals surface area contributed by atoms with Gasteiger partial charge in [-0.05, 0) is 56.9 Å². The first kappa shape index (κ1) is 29.0. The molecule has 0 bridgehead atoms. The molecule has 2 amide bonds. The normalized spacial score (nSPS) is 12.9. The third kappa shape index (κ3) is 7.65. The van der Waals surface area contributed by atoms with Crippen LogP contribution in [0.5, 0.6) is 0 Å². The molecule has 0 fully saturated rings. The summed E-state index contributed by atoms with van der Waals surface area (Å²) in [6.07, 6.45) is 2.11. The second-order valence-corrected chi connectivity index (χ2v) is 11.0. The number of nitrogens with one attached hydrogen (secondary N) is 1. The van der Waals surface area contributed by atoms with Gasteiger partial charge in [-0.2, -0.15) is 0 Å². The van der Waals surface area contributed by atoms with E-state index in [1.807, 2.05) is 52.0 Å². The molecule has 2 atom stereocenters. The van der Waals surface area contributed by atoms with E-state index < -0.39 is 28.5 Å². The number of carbonyl (C=O) groups is 3. The molecule has 0 saturated carbocycles. The summed E-state index contributed by atoms with van der Waals surface area (Å²) in [5.41, 5.74) is 2.38. The smallest absolute Gasteiger partial charge is 0.244 e. The van der Waals surface area contributed by atoms with Gasteiger partial charge in [-0.1, -0.05) is 50.2 Å².